The molecule has 2 N–H and O–H groups in total. The van der Waals surface area contributed by atoms with E-state index >= 15 is 0 Å². The van der Waals surface area contributed by atoms with Crippen LogP contribution in [0.4, 0.5) is 5.69 Å². The number of anilines is 1. The van der Waals surface area contributed by atoms with Gasteiger partial charge in [0.25, 0.3) is 0 Å². The van der Waals surface area contributed by atoms with Crippen molar-refractivity contribution in [2.45, 2.75) is 25.3 Å². The number of hydrogen-bond donors (Lipinski definition) is 1. The summed E-state index contributed by atoms with van der Waals surface area (Å²) in [5.41, 5.74) is 6.43. The lowest BCUT2D eigenvalue weighted by molar-refractivity contribution is 0.0601. The summed E-state index contributed by atoms with van der Waals surface area (Å²) in [4.78, 5) is 17.9. The maximum atomic E-state index is 11.6. The van der Waals surface area contributed by atoms with Crippen molar-refractivity contribution < 1.29 is 14.3 Å². The molecule has 2 rings (SSSR count). The minimum Gasteiger partial charge on any atom is -0.475 e. The van der Waals surface area contributed by atoms with Gasteiger partial charge in [0, 0.05) is 12.2 Å². The number of aromatic nitrogens is 1. The van der Waals surface area contributed by atoms with Crippen LogP contribution in [0.25, 0.3) is 0 Å². The van der Waals surface area contributed by atoms with Crippen molar-refractivity contribution in [1.29, 1.82) is 0 Å². The van der Waals surface area contributed by atoms with Crippen LogP contribution >= 0.6 is 0 Å². The van der Waals surface area contributed by atoms with E-state index in [4.69, 9.17) is 10.5 Å². The Hall–Kier alpha value is -1.82. The lowest BCUT2D eigenvalue weighted by Crippen LogP contribution is -2.40. The molecule has 1 fully saturated rings. The van der Waals surface area contributed by atoms with Crippen molar-refractivity contribution in [2.75, 3.05) is 33.0 Å². The fraction of sp³-hybridized carbons (Fsp3) is 0.571. The summed E-state index contributed by atoms with van der Waals surface area (Å²) in [6, 6.07) is 1.90. The van der Waals surface area contributed by atoms with Gasteiger partial charge < -0.3 is 20.1 Å². The number of ether oxygens (including phenoxy) is 2. The number of piperidine rings is 1. The van der Waals surface area contributed by atoms with E-state index in [1.54, 1.807) is 0 Å². The Bertz CT molecular complexity index is 479. The van der Waals surface area contributed by atoms with Crippen molar-refractivity contribution in [3.05, 3.63) is 17.8 Å². The summed E-state index contributed by atoms with van der Waals surface area (Å²) in [5.74, 6) is -0.184. The van der Waals surface area contributed by atoms with E-state index in [9.17, 15) is 4.79 Å². The molecule has 0 spiro atoms. The predicted octanol–water partition coefficient (Wildman–Crippen LogP) is 1.31. The third-order valence-corrected chi connectivity index (χ3v) is 3.69. The van der Waals surface area contributed by atoms with Crippen molar-refractivity contribution >= 4 is 11.7 Å². The summed E-state index contributed by atoms with van der Waals surface area (Å²) >= 11 is 0. The fourth-order valence-corrected chi connectivity index (χ4v) is 2.39. The molecule has 1 aliphatic heterocycles. The number of likely N-dealkylation sites (N-methyl/N-ethyl adjacent to an activating group) is 1. The highest BCUT2D eigenvalue weighted by Crippen LogP contribution is 2.24. The third-order valence-electron chi connectivity index (χ3n) is 3.69. The molecule has 0 bridgehead atoms. The fourth-order valence-electron chi connectivity index (χ4n) is 2.39. The number of nitrogens with two attached hydrogens (primary N) is 1. The summed E-state index contributed by atoms with van der Waals surface area (Å²) in [6.45, 7) is 1.61. The molecule has 0 aromatic carbocycles. The molecule has 1 unspecified atom stereocenters. The summed E-state index contributed by atoms with van der Waals surface area (Å²) in [6.07, 6.45) is 5.05. The second-order valence-electron chi connectivity index (χ2n) is 5.01. The molecule has 20 heavy (non-hydrogen) atoms. The Kier molecular flexibility index (Phi) is 4.79. The number of carbonyl (C=O) groups excluding carboxylic acids is 1. The van der Waals surface area contributed by atoms with E-state index in [0.717, 1.165) is 13.0 Å². The number of pyridine rings is 1. The molecule has 6 nitrogen and oxygen atoms in total. The third kappa shape index (κ3) is 3.19. The first-order valence-corrected chi connectivity index (χ1v) is 6.79. The first kappa shape index (κ1) is 14.6. The highest BCUT2D eigenvalue weighted by atomic mass is 16.5. The Labute approximate surface area is 118 Å². The summed E-state index contributed by atoms with van der Waals surface area (Å²) in [7, 11) is 3.41. The molecule has 1 aromatic rings. The molecule has 110 valence electrons. The summed E-state index contributed by atoms with van der Waals surface area (Å²) < 4.78 is 10.4. The van der Waals surface area contributed by atoms with Gasteiger partial charge in [-0.25, -0.2) is 9.78 Å². The van der Waals surface area contributed by atoms with Crippen LogP contribution in [0.1, 0.15) is 29.6 Å². The van der Waals surface area contributed by atoms with Crippen LogP contribution in [0.2, 0.25) is 0 Å². The Morgan fingerprint density at radius 1 is 1.55 bits per heavy atom. The zero-order valence-electron chi connectivity index (χ0n) is 12.0. The van der Waals surface area contributed by atoms with Gasteiger partial charge in [-0.15, -0.1) is 0 Å². The van der Waals surface area contributed by atoms with Gasteiger partial charge in [0.05, 0.1) is 12.7 Å². The van der Waals surface area contributed by atoms with E-state index in [-0.39, 0.29) is 11.3 Å². The molecular weight excluding hydrogens is 258 g/mol. The Morgan fingerprint density at radius 3 is 3.05 bits per heavy atom. The van der Waals surface area contributed by atoms with Crippen LogP contribution in [0.3, 0.4) is 0 Å². The first-order valence-electron chi connectivity index (χ1n) is 6.79. The number of esters is 1. The number of carbonyl (C=O) groups is 1. The molecule has 1 saturated heterocycles. The SMILES string of the molecule is COC(=O)c1ccnc(OCC2CCCCN2C)c1N. The first-order chi connectivity index (χ1) is 9.63. The molecule has 1 aromatic heterocycles. The lowest BCUT2D eigenvalue weighted by Gasteiger charge is -2.32. The topological polar surface area (TPSA) is 77.7 Å². The van der Waals surface area contributed by atoms with Gasteiger partial charge in [-0.05, 0) is 32.5 Å². The van der Waals surface area contributed by atoms with Gasteiger partial charge in [-0.2, -0.15) is 0 Å². The van der Waals surface area contributed by atoms with Crippen LogP contribution < -0.4 is 10.5 Å². The minimum absolute atomic E-state index is 0.234. The molecule has 1 aliphatic rings. The van der Waals surface area contributed by atoms with Gasteiger partial charge in [-0.1, -0.05) is 6.42 Å². The second-order valence-corrected chi connectivity index (χ2v) is 5.01. The Balaban J connectivity index is 2.04. The minimum atomic E-state index is -0.482. The number of methoxy groups -OCH3 is 1. The highest BCUT2D eigenvalue weighted by molar-refractivity contribution is 5.95. The van der Waals surface area contributed by atoms with Crippen LogP contribution in [0.5, 0.6) is 5.88 Å². The van der Waals surface area contributed by atoms with Crippen molar-refractivity contribution in [2.24, 2.45) is 0 Å². The van der Waals surface area contributed by atoms with Gasteiger partial charge in [0.2, 0.25) is 5.88 Å². The van der Waals surface area contributed by atoms with Gasteiger partial charge in [0.1, 0.15) is 12.3 Å². The zero-order chi connectivity index (χ0) is 14.5. The zero-order valence-corrected chi connectivity index (χ0v) is 12.0. The average Bonchev–Trinajstić information content (AvgIpc) is 2.47. The highest BCUT2D eigenvalue weighted by Gasteiger charge is 2.21. The van der Waals surface area contributed by atoms with Crippen molar-refractivity contribution in [3.8, 4) is 5.88 Å². The van der Waals surface area contributed by atoms with Crippen LogP contribution in [-0.2, 0) is 4.74 Å². The van der Waals surface area contributed by atoms with E-state index in [1.807, 2.05) is 0 Å². The average molecular weight is 279 g/mol. The molecule has 0 radical (unpaired) electrons. The van der Waals surface area contributed by atoms with Crippen molar-refractivity contribution in [3.63, 3.8) is 0 Å². The smallest absolute Gasteiger partial charge is 0.340 e. The summed E-state index contributed by atoms with van der Waals surface area (Å²) in [5, 5.41) is 0. The Morgan fingerprint density at radius 2 is 2.35 bits per heavy atom. The number of rotatable bonds is 4. The second kappa shape index (κ2) is 6.56. The van der Waals surface area contributed by atoms with E-state index in [2.05, 4.69) is 21.7 Å². The van der Waals surface area contributed by atoms with E-state index in [0.29, 0.717) is 18.5 Å². The number of nitrogens with zero attached hydrogens (tertiary/aromatic N) is 2. The predicted molar refractivity (Wildman–Crippen MR) is 75.8 cm³/mol. The maximum absolute atomic E-state index is 11.6. The van der Waals surface area contributed by atoms with Gasteiger partial charge >= 0.3 is 5.97 Å². The molecule has 0 saturated carbocycles. The molecule has 0 amide bonds. The van der Waals surface area contributed by atoms with Crippen LogP contribution in [0, 0.1) is 0 Å². The van der Waals surface area contributed by atoms with E-state index in [1.165, 1.54) is 32.2 Å². The maximum Gasteiger partial charge on any atom is 0.340 e. The van der Waals surface area contributed by atoms with Gasteiger partial charge in [0.15, 0.2) is 0 Å². The molecule has 2 heterocycles. The van der Waals surface area contributed by atoms with Gasteiger partial charge in [-0.3, -0.25) is 0 Å². The lowest BCUT2D eigenvalue weighted by atomic mass is 10.0. The molecule has 6 heteroatoms. The normalized spacial score (nSPS) is 19.6. The monoisotopic (exact) mass is 279 g/mol. The quantitative estimate of drug-likeness (QED) is 0.837. The largest absolute Gasteiger partial charge is 0.475 e. The molecule has 0 aliphatic carbocycles. The standard InChI is InChI=1S/C14H21N3O3/c1-17-8-4-3-5-10(17)9-20-13-12(15)11(6-7-16-13)14(18)19-2/h6-7,10H,3-5,8-9,15H2,1-2H3. The van der Waals surface area contributed by atoms with Crippen molar-refractivity contribution in [1.82, 2.24) is 9.88 Å². The molecular formula is C14H21N3O3. The van der Waals surface area contributed by atoms with Crippen LogP contribution in [-0.4, -0.2) is 49.2 Å². The van der Waals surface area contributed by atoms with E-state index < -0.39 is 5.97 Å². The number of hydrogen-bond acceptors (Lipinski definition) is 6. The van der Waals surface area contributed by atoms with Crippen LogP contribution in [0.15, 0.2) is 12.3 Å². The molecule has 1 atom stereocenters. The number of nitrogen functional groups attached to an aromatic ring is 1. The number of likely N-dealkylation sites (tertiary alicyclic amines) is 1.